The molecule has 1 saturated carbocycles. The Morgan fingerprint density at radius 1 is 1.00 bits per heavy atom. The maximum absolute atomic E-state index is 12.4. The second kappa shape index (κ2) is 7.55. The topological polar surface area (TPSA) is 44.4 Å². The monoisotopic (exact) mass is 361 g/mol. The fourth-order valence-electron chi connectivity index (χ4n) is 5.25. The van der Waals surface area contributed by atoms with Crippen LogP contribution < -0.4 is 10.6 Å². The molecule has 4 nitrogen and oxygen atoms in total. The van der Waals surface area contributed by atoms with E-state index in [1.54, 1.807) is 6.07 Å². The predicted octanol–water partition coefficient (Wildman–Crippen LogP) is 4.79. The van der Waals surface area contributed by atoms with Crippen LogP contribution in [-0.2, 0) is 0 Å². The second-order valence-corrected chi connectivity index (χ2v) is 8.34. The number of carbonyl (C=O) groups excluding carboxylic acids is 1. The third-order valence-corrected chi connectivity index (χ3v) is 6.43. The summed E-state index contributed by atoms with van der Waals surface area (Å²) in [6.07, 6.45) is 11.7. The molecule has 2 bridgehead atoms. The lowest BCUT2D eigenvalue weighted by Crippen LogP contribution is -2.59. The molecule has 2 heterocycles. The molecule has 0 aromatic heterocycles. The number of halogens is 1. The standard InChI is InChI=1S/C20H28ClN3O/c21-14-5-3-6-15(11-14)22-20(25)23-16-12-18-9-4-10-19(13-16)24(18)17-7-1-2-8-17/h3,5-6,11,16-19H,1-2,4,7-10,12-13H2,(H2,22,23,25). The smallest absolute Gasteiger partial charge is 0.319 e. The van der Waals surface area contributed by atoms with Crippen LogP contribution in [-0.4, -0.2) is 35.1 Å². The van der Waals surface area contributed by atoms with Crippen molar-refractivity contribution in [3.05, 3.63) is 29.3 Å². The highest BCUT2D eigenvalue weighted by molar-refractivity contribution is 6.30. The normalized spacial score (nSPS) is 30.2. The van der Waals surface area contributed by atoms with Crippen LogP contribution in [0.1, 0.15) is 57.8 Å². The number of nitrogens with zero attached hydrogens (tertiary/aromatic N) is 1. The number of fused-ring (bicyclic) bond motifs is 2. The maximum atomic E-state index is 12.4. The first-order valence-corrected chi connectivity index (χ1v) is 10.2. The van der Waals surface area contributed by atoms with Crippen LogP contribution in [0.25, 0.3) is 0 Å². The number of hydrogen-bond acceptors (Lipinski definition) is 2. The van der Waals surface area contributed by atoms with E-state index in [0.717, 1.165) is 24.6 Å². The van der Waals surface area contributed by atoms with Gasteiger partial charge in [-0.05, 0) is 56.7 Å². The molecular weight excluding hydrogens is 334 g/mol. The summed E-state index contributed by atoms with van der Waals surface area (Å²) in [6, 6.07) is 9.59. The van der Waals surface area contributed by atoms with Gasteiger partial charge in [0.2, 0.25) is 0 Å². The Bertz CT molecular complexity index is 603. The first-order valence-electron chi connectivity index (χ1n) is 9.79. The summed E-state index contributed by atoms with van der Waals surface area (Å²) in [5.41, 5.74) is 0.744. The summed E-state index contributed by atoms with van der Waals surface area (Å²) >= 11 is 5.99. The second-order valence-electron chi connectivity index (χ2n) is 7.90. The van der Waals surface area contributed by atoms with Crippen molar-refractivity contribution in [2.24, 2.45) is 0 Å². The average molecular weight is 362 g/mol. The number of carbonyl (C=O) groups is 1. The minimum absolute atomic E-state index is 0.111. The van der Waals surface area contributed by atoms with Crippen molar-refractivity contribution in [1.82, 2.24) is 10.2 Å². The van der Waals surface area contributed by atoms with Crippen molar-refractivity contribution in [2.45, 2.75) is 82.0 Å². The van der Waals surface area contributed by atoms with E-state index in [1.807, 2.05) is 18.2 Å². The molecule has 0 radical (unpaired) electrons. The van der Waals surface area contributed by atoms with Crippen LogP contribution in [0.3, 0.4) is 0 Å². The van der Waals surface area contributed by atoms with Gasteiger partial charge in [0, 0.05) is 34.9 Å². The molecule has 2 atom stereocenters. The van der Waals surface area contributed by atoms with Crippen molar-refractivity contribution in [2.75, 3.05) is 5.32 Å². The van der Waals surface area contributed by atoms with Gasteiger partial charge in [-0.15, -0.1) is 0 Å². The number of amides is 2. The number of rotatable bonds is 3. The molecule has 2 aliphatic heterocycles. The van der Waals surface area contributed by atoms with Gasteiger partial charge < -0.3 is 10.6 Å². The number of hydrogen-bond donors (Lipinski definition) is 2. The van der Waals surface area contributed by atoms with E-state index in [0.29, 0.717) is 17.1 Å². The molecule has 0 spiro atoms. The van der Waals surface area contributed by atoms with Gasteiger partial charge in [-0.2, -0.15) is 0 Å². The van der Waals surface area contributed by atoms with Gasteiger partial charge in [-0.3, -0.25) is 4.90 Å². The Kier molecular flexibility index (Phi) is 5.18. The van der Waals surface area contributed by atoms with Crippen molar-refractivity contribution < 1.29 is 4.79 Å². The van der Waals surface area contributed by atoms with E-state index in [1.165, 1.54) is 44.9 Å². The van der Waals surface area contributed by atoms with E-state index in [2.05, 4.69) is 15.5 Å². The molecule has 136 valence electrons. The van der Waals surface area contributed by atoms with Gasteiger partial charge in [-0.25, -0.2) is 4.79 Å². The zero-order valence-corrected chi connectivity index (χ0v) is 15.5. The van der Waals surface area contributed by atoms with Gasteiger partial charge in [0.25, 0.3) is 0 Å². The fraction of sp³-hybridized carbons (Fsp3) is 0.650. The van der Waals surface area contributed by atoms with Crippen LogP contribution >= 0.6 is 11.6 Å². The SMILES string of the molecule is O=C(Nc1cccc(Cl)c1)NC1CC2CCCC(C1)N2C1CCCC1. The molecule has 5 heteroatoms. The van der Waals surface area contributed by atoms with Crippen LogP contribution in [0.4, 0.5) is 10.5 Å². The van der Waals surface area contributed by atoms with Gasteiger partial charge in [0.05, 0.1) is 0 Å². The summed E-state index contributed by atoms with van der Waals surface area (Å²) < 4.78 is 0. The summed E-state index contributed by atoms with van der Waals surface area (Å²) in [4.78, 5) is 15.2. The highest BCUT2D eigenvalue weighted by Gasteiger charge is 2.42. The first-order chi connectivity index (χ1) is 12.2. The third-order valence-electron chi connectivity index (χ3n) is 6.20. The number of benzene rings is 1. The Morgan fingerprint density at radius 2 is 1.68 bits per heavy atom. The Morgan fingerprint density at radius 3 is 2.36 bits per heavy atom. The molecule has 1 aliphatic carbocycles. The molecule has 1 aromatic carbocycles. The molecule has 2 N–H and O–H groups in total. The van der Waals surface area contributed by atoms with Gasteiger partial charge in [-0.1, -0.05) is 36.9 Å². The predicted molar refractivity (Wildman–Crippen MR) is 102 cm³/mol. The van der Waals surface area contributed by atoms with E-state index in [-0.39, 0.29) is 12.1 Å². The minimum atomic E-state index is -0.111. The maximum Gasteiger partial charge on any atom is 0.319 e. The molecule has 3 fully saturated rings. The quantitative estimate of drug-likeness (QED) is 0.812. The summed E-state index contributed by atoms with van der Waals surface area (Å²) in [5, 5.41) is 6.76. The largest absolute Gasteiger partial charge is 0.335 e. The van der Waals surface area contributed by atoms with Crippen molar-refractivity contribution in [3.63, 3.8) is 0 Å². The molecule has 3 aliphatic rings. The number of nitrogens with one attached hydrogen (secondary N) is 2. The fourth-order valence-corrected chi connectivity index (χ4v) is 5.44. The number of anilines is 1. The Hall–Kier alpha value is -1.26. The molecular formula is C20H28ClN3O. The van der Waals surface area contributed by atoms with E-state index in [9.17, 15) is 4.79 Å². The lowest BCUT2D eigenvalue weighted by atomic mass is 9.80. The van der Waals surface area contributed by atoms with E-state index < -0.39 is 0 Å². The van der Waals surface area contributed by atoms with Crippen LogP contribution in [0.2, 0.25) is 5.02 Å². The summed E-state index contributed by atoms with van der Waals surface area (Å²) in [6.45, 7) is 0. The number of urea groups is 1. The van der Waals surface area contributed by atoms with E-state index in [4.69, 9.17) is 11.6 Å². The van der Waals surface area contributed by atoms with Crippen molar-refractivity contribution in [3.8, 4) is 0 Å². The number of piperidine rings is 2. The molecule has 25 heavy (non-hydrogen) atoms. The Balaban J connectivity index is 1.35. The van der Waals surface area contributed by atoms with E-state index >= 15 is 0 Å². The van der Waals surface area contributed by atoms with Gasteiger partial charge >= 0.3 is 6.03 Å². The van der Waals surface area contributed by atoms with Crippen molar-refractivity contribution in [1.29, 1.82) is 0 Å². The lowest BCUT2D eigenvalue weighted by Gasteiger charge is -2.51. The third kappa shape index (κ3) is 3.95. The summed E-state index contributed by atoms with van der Waals surface area (Å²) in [5.74, 6) is 0. The molecule has 2 unspecified atom stereocenters. The molecule has 2 saturated heterocycles. The minimum Gasteiger partial charge on any atom is -0.335 e. The highest BCUT2D eigenvalue weighted by Crippen LogP contribution is 2.39. The van der Waals surface area contributed by atoms with Gasteiger partial charge in [0.15, 0.2) is 0 Å². The molecule has 2 amide bonds. The highest BCUT2D eigenvalue weighted by atomic mass is 35.5. The zero-order valence-electron chi connectivity index (χ0n) is 14.7. The zero-order chi connectivity index (χ0) is 17.2. The van der Waals surface area contributed by atoms with Crippen LogP contribution in [0.5, 0.6) is 0 Å². The van der Waals surface area contributed by atoms with Crippen LogP contribution in [0.15, 0.2) is 24.3 Å². The van der Waals surface area contributed by atoms with Crippen LogP contribution in [0, 0.1) is 0 Å². The Labute approximate surface area is 155 Å². The molecule has 4 rings (SSSR count). The van der Waals surface area contributed by atoms with Gasteiger partial charge in [0.1, 0.15) is 0 Å². The molecule has 1 aromatic rings. The average Bonchev–Trinajstić information content (AvgIpc) is 3.08. The first kappa shape index (κ1) is 17.2. The summed E-state index contributed by atoms with van der Waals surface area (Å²) in [7, 11) is 0. The van der Waals surface area contributed by atoms with Crippen molar-refractivity contribution >= 4 is 23.3 Å². The lowest BCUT2D eigenvalue weighted by molar-refractivity contribution is -0.00680.